The highest BCUT2D eigenvalue weighted by Gasteiger charge is 2.22. The van der Waals surface area contributed by atoms with Crippen LogP contribution in [-0.2, 0) is 7.05 Å². The summed E-state index contributed by atoms with van der Waals surface area (Å²) in [6.07, 6.45) is 7.29. The topological polar surface area (TPSA) is 17.8 Å². The summed E-state index contributed by atoms with van der Waals surface area (Å²) in [5.74, 6) is 2.67. The van der Waals surface area contributed by atoms with Gasteiger partial charge in [0.2, 0.25) is 0 Å². The van der Waals surface area contributed by atoms with Crippen molar-refractivity contribution >= 4 is 13.4 Å². The molecule has 0 bridgehead atoms. The van der Waals surface area contributed by atoms with Crippen LogP contribution in [-0.4, -0.2) is 17.9 Å². The molecule has 0 spiro atoms. The fourth-order valence-corrected chi connectivity index (χ4v) is 2.55. The van der Waals surface area contributed by atoms with Crippen molar-refractivity contribution in [3.8, 4) is 12.3 Å². The Morgan fingerprint density at radius 2 is 2.08 bits per heavy atom. The molecule has 3 heteroatoms. The van der Waals surface area contributed by atoms with Crippen LogP contribution >= 0.6 is 0 Å². The Morgan fingerprint density at radius 3 is 2.42 bits per heavy atom. The number of aryl methyl sites for hydroxylation is 1. The number of terminal acetylenes is 1. The molecule has 0 aliphatic carbocycles. The molecule has 0 unspecified atom stereocenters. The molecule has 0 saturated carbocycles. The van der Waals surface area contributed by atoms with Crippen LogP contribution in [0.4, 0.5) is 0 Å². The van der Waals surface area contributed by atoms with Crippen molar-refractivity contribution in [3.05, 3.63) is 11.8 Å². The van der Waals surface area contributed by atoms with E-state index in [-0.39, 0.29) is 0 Å². The number of hydrogen-bond acceptors (Lipinski definition) is 1. The third-order valence-corrected chi connectivity index (χ3v) is 3.48. The lowest BCUT2D eigenvalue weighted by Crippen LogP contribution is -2.40. The number of nitrogens with zero attached hydrogens (tertiary/aromatic N) is 2. The van der Waals surface area contributed by atoms with E-state index >= 15 is 0 Å². The third kappa shape index (κ3) is 1.59. The zero-order valence-corrected chi connectivity index (χ0v) is 9.05. The van der Waals surface area contributed by atoms with Gasteiger partial charge in [-0.1, -0.05) is 25.6 Å². The number of rotatable bonds is 1. The van der Waals surface area contributed by atoms with E-state index in [9.17, 15) is 0 Å². The van der Waals surface area contributed by atoms with E-state index in [0.29, 0.717) is 0 Å². The monoisotopic (exact) mass is 178 g/mol. The minimum Gasteiger partial charge on any atom is -0.275 e. The molecule has 0 atom stereocenters. The first kappa shape index (κ1) is 9.08. The predicted octanol–water partition coefficient (Wildman–Crippen LogP) is 0.947. The van der Waals surface area contributed by atoms with E-state index in [1.807, 2.05) is 13.2 Å². The van der Waals surface area contributed by atoms with Crippen LogP contribution in [0.1, 0.15) is 5.56 Å². The second-order valence-corrected chi connectivity index (χ2v) is 8.93. The fraction of sp³-hybridized carbons (Fsp3) is 0.444. The van der Waals surface area contributed by atoms with Crippen LogP contribution in [0.3, 0.4) is 0 Å². The number of aromatic nitrogens is 2. The lowest BCUT2D eigenvalue weighted by molar-refractivity contribution is 0.774. The van der Waals surface area contributed by atoms with Crippen LogP contribution < -0.4 is 5.32 Å². The van der Waals surface area contributed by atoms with Gasteiger partial charge >= 0.3 is 0 Å². The molecule has 1 aromatic heterocycles. The Kier molecular flexibility index (Phi) is 2.11. The minimum atomic E-state index is -1.35. The van der Waals surface area contributed by atoms with Crippen LogP contribution in [0.25, 0.3) is 0 Å². The fourth-order valence-electron chi connectivity index (χ4n) is 1.15. The van der Waals surface area contributed by atoms with Gasteiger partial charge in [-0.15, -0.1) is 6.42 Å². The van der Waals surface area contributed by atoms with E-state index < -0.39 is 8.07 Å². The molecule has 0 N–H and O–H groups in total. The average molecular weight is 178 g/mol. The second kappa shape index (κ2) is 2.80. The molecule has 0 radical (unpaired) electrons. The Bertz CT molecular complexity index is 325. The Balaban J connectivity index is 3.25. The summed E-state index contributed by atoms with van der Waals surface area (Å²) in [5, 5.41) is 5.52. The van der Waals surface area contributed by atoms with Gasteiger partial charge in [-0.25, -0.2) is 0 Å². The van der Waals surface area contributed by atoms with Crippen molar-refractivity contribution in [2.75, 3.05) is 0 Å². The van der Waals surface area contributed by atoms with Gasteiger partial charge in [0.15, 0.2) is 0 Å². The maximum atomic E-state index is 5.38. The lowest BCUT2D eigenvalue weighted by Gasteiger charge is -2.12. The summed E-state index contributed by atoms with van der Waals surface area (Å²) < 4.78 is 1.79. The minimum absolute atomic E-state index is 0.955. The van der Waals surface area contributed by atoms with Crippen molar-refractivity contribution in [2.24, 2.45) is 7.05 Å². The van der Waals surface area contributed by atoms with Crippen molar-refractivity contribution in [2.45, 2.75) is 19.6 Å². The van der Waals surface area contributed by atoms with Gasteiger partial charge in [-0.3, -0.25) is 4.68 Å². The molecular formula is C9H14N2Si. The summed E-state index contributed by atoms with van der Waals surface area (Å²) in [4.78, 5) is 0. The van der Waals surface area contributed by atoms with Gasteiger partial charge in [0.25, 0.3) is 0 Å². The average Bonchev–Trinajstić information content (AvgIpc) is 2.29. The van der Waals surface area contributed by atoms with Crippen LogP contribution in [0.2, 0.25) is 19.6 Å². The van der Waals surface area contributed by atoms with Gasteiger partial charge in [0.1, 0.15) is 8.07 Å². The van der Waals surface area contributed by atoms with Crippen molar-refractivity contribution in [3.63, 3.8) is 0 Å². The van der Waals surface area contributed by atoms with E-state index in [0.717, 1.165) is 10.9 Å². The molecule has 12 heavy (non-hydrogen) atoms. The highest BCUT2D eigenvalue weighted by molar-refractivity contribution is 6.88. The van der Waals surface area contributed by atoms with Crippen LogP contribution in [0.5, 0.6) is 0 Å². The molecule has 1 aromatic rings. The summed E-state index contributed by atoms with van der Waals surface area (Å²) in [6, 6.07) is 0. The van der Waals surface area contributed by atoms with Crippen LogP contribution in [0, 0.1) is 12.3 Å². The Morgan fingerprint density at radius 1 is 1.50 bits per heavy atom. The van der Waals surface area contributed by atoms with Crippen molar-refractivity contribution in [1.82, 2.24) is 9.78 Å². The maximum Gasteiger partial charge on any atom is 0.105 e. The molecule has 1 rings (SSSR count). The van der Waals surface area contributed by atoms with Gasteiger partial charge in [-0.2, -0.15) is 5.10 Å². The van der Waals surface area contributed by atoms with Crippen molar-refractivity contribution in [1.29, 1.82) is 0 Å². The zero-order chi connectivity index (χ0) is 9.35. The van der Waals surface area contributed by atoms with E-state index in [4.69, 9.17) is 6.42 Å². The SMILES string of the molecule is C#Cc1cn(C)nc1[Si](C)(C)C. The predicted molar refractivity (Wildman–Crippen MR) is 54.1 cm³/mol. The lowest BCUT2D eigenvalue weighted by atomic mass is 10.4. The zero-order valence-electron chi connectivity index (χ0n) is 8.05. The maximum absolute atomic E-state index is 5.38. The molecule has 0 aliphatic heterocycles. The molecule has 2 nitrogen and oxygen atoms in total. The molecule has 0 fully saturated rings. The quantitative estimate of drug-likeness (QED) is 0.462. The van der Waals surface area contributed by atoms with Gasteiger partial charge < -0.3 is 0 Å². The molecule has 64 valence electrons. The smallest absolute Gasteiger partial charge is 0.105 e. The number of hydrogen-bond donors (Lipinski definition) is 0. The first-order chi connectivity index (χ1) is 5.45. The third-order valence-electron chi connectivity index (χ3n) is 1.69. The molecule has 0 aromatic carbocycles. The highest BCUT2D eigenvalue weighted by atomic mass is 28.3. The van der Waals surface area contributed by atoms with Gasteiger partial charge in [-0.05, 0) is 0 Å². The highest BCUT2D eigenvalue weighted by Crippen LogP contribution is 2.03. The molecule has 0 amide bonds. The van der Waals surface area contributed by atoms with E-state index in [1.165, 1.54) is 0 Å². The molecule has 1 heterocycles. The normalized spacial score (nSPS) is 11.2. The van der Waals surface area contributed by atoms with Gasteiger partial charge in [0, 0.05) is 13.2 Å². The Labute approximate surface area is 74.6 Å². The summed E-state index contributed by atoms with van der Waals surface area (Å²) in [6.45, 7) is 6.74. The first-order valence-corrected chi connectivity index (χ1v) is 7.46. The first-order valence-electron chi connectivity index (χ1n) is 3.96. The second-order valence-electron chi connectivity index (χ2n) is 3.96. The van der Waals surface area contributed by atoms with Crippen LogP contribution in [0.15, 0.2) is 6.20 Å². The largest absolute Gasteiger partial charge is 0.275 e. The molecular weight excluding hydrogens is 164 g/mol. The van der Waals surface area contributed by atoms with E-state index in [2.05, 4.69) is 30.7 Å². The van der Waals surface area contributed by atoms with E-state index in [1.54, 1.807) is 4.68 Å². The summed E-state index contributed by atoms with van der Waals surface area (Å²) in [5.41, 5.74) is 0.955. The Hall–Kier alpha value is -1.01. The summed E-state index contributed by atoms with van der Waals surface area (Å²) in [7, 11) is 0.555. The molecule has 0 saturated heterocycles. The molecule has 0 aliphatic rings. The van der Waals surface area contributed by atoms with Gasteiger partial charge in [0.05, 0.1) is 10.9 Å². The van der Waals surface area contributed by atoms with Crippen molar-refractivity contribution < 1.29 is 0 Å². The summed E-state index contributed by atoms with van der Waals surface area (Å²) >= 11 is 0. The standard InChI is InChI=1S/C9H14N2Si/c1-6-8-7-11(2)10-9(8)12(3,4)5/h1,7H,2-5H3.